The second-order valence-electron chi connectivity index (χ2n) is 7.40. The molecule has 158 valence electrons. The summed E-state index contributed by atoms with van der Waals surface area (Å²) in [7, 11) is 0. The number of rotatable bonds is 5. The van der Waals surface area contributed by atoms with Gasteiger partial charge < -0.3 is 0 Å². The topological polar surface area (TPSA) is 62.9 Å². The van der Waals surface area contributed by atoms with Gasteiger partial charge in [-0.2, -0.15) is 10.2 Å². The molecule has 1 atom stereocenters. The summed E-state index contributed by atoms with van der Waals surface area (Å²) in [5, 5.41) is 13.6. The van der Waals surface area contributed by atoms with Crippen LogP contribution >= 0.6 is 15.9 Å². The highest BCUT2D eigenvalue weighted by atomic mass is 79.9. The molecular weight excluding hydrogens is 473 g/mol. The van der Waals surface area contributed by atoms with Gasteiger partial charge >= 0.3 is 0 Å². The lowest BCUT2D eigenvalue weighted by atomic mass is 9.97. The maximum Gasteiger partial charge on any atom is 0.123 e. The van der Waals surface area contributed by atoms with Crippen LogP contribution in [0.1, 0.15) is 23.6 Å². The zero-order valence-corrected chi connectivity index (χ0v) is 18.4. The largest absolute Gasteiger partial charge is 0.240 e. The summed E-state index contributed by atoms with van der Waals surface area (Å²) in [5.74, 6) is -0.323. The van der Waals surface area contributed by atoms with E-state index in [0.717, 1.165) is 32.6 Å². The molecule has 1 aliphatic rings. The van der Waals surface area contributed by atoms with Gasteiger partial charge in [-0.3, -0.25) is 0 Å². The minimum atomic E-state index is -0.427. The van der Waals surface area contributed by atoms with E-state index >= 15 is 0 Å². The monoisotopic (exact) mass is 489 g/mol. The molecule has 0 fully saturated rings. The van der Waals surface area contributed by atoms with Crippen molar-refractivity contribution in [2.45, 2.75) is 12.5 Å². The highest BCUT2D eigenvalue weighted by molar-refractivity contribution is 9.10. The fourth-order valence-corrected chi connectivity index (χ4v) is 4.07. The average Bonchev–Trinajstić information content (AvgIpc) is 3.45. The van der Waals surface area contributed by atoms with Gasteiger partial charge in [-0.1, -0.05) is 46.3 Å². The van der Waals surface area contributed by atoms with Crippen LogP contribution in [0.4, 0.5) is 4.39 Å². The highest BCUT2D eigenvalue weighted by Gasteiger charge is 2.33. The first-order chi connectivity index (χ1) is 15.6. The Labute approximate surface area is 192 Å². The van der Waals surface area contributed by atoms with E-state index in [0.29, 0.717) is 12.1 Å². The molecular formula is C24H17BrFN5O. The van der Waals surface area contributed by atoms with E-state index < -0.39 is 6.04 Å². The molecule has 5 rings (SSSR count). The van der Waals surface area contributed by atoms with Crippen molar-refractivity contribution in [1.29, 1.82) is 0 Å². The van der Waals surface area contributed by atoms with Gasteiger partial charge in [-0.15, -0.1) is 10.0 Å². The minimum absolute atomic E-state index is 0.323. The number of nitrogens with zero attached hydrogens (tertiary/aromatic N) is 5. The SMILES string of the molecule is O=NN1N=C(c2ccc(Br)cc2)CC1c1cn(-c2ccccc2)nc1-c1ccc(F)cc1. The van der Waals surface area contributed by atoms with E-state index in [1.165, 1.54) is 17.3 Å². The maximum atomic E-state index is 13.5. The van der Waals surface area contributed by atoms with Crippen LogP contribution in [0, 0.1) is 10.7 Å². The summed E-state index contributed by atoms with van der Waals surface area (Å²) in [6.45, 7) is 0. The van der Waals surface area contributed by atoms with Crippen molar-refractivity contribution in [2.24, 2.45) is 10.4 Å². The predicted octanol–water partition coefficient (Wildman–Crippen LogP) is 6.27. The van der Waals surface area contributed by atoms with Gasteiger partial charge in [0.05, 0.1) is 22.4 Å². The number of hydrogen-bond acceptors (Lipinski definition) is 4. The third-order valence-corrected chi connectivity index (χ3v) is 5.92. The molecule has 3 aromatic carbocycles. The Hall–Kier alpha value is -3.65. The van der Waals surface area contributed by atoms with Crippen LogP contribution in [0.2, 0.25) is 0 Å². The van der Waals surface area contributed by atoms with Crippen molar-refractivity contribution in [1.82, 2.24) is 14.9 Å². The van der Waals surface area contributed by atoms with Gasteiger partial charge in [0, 0.05) is 28.2 Å². The molecule has 32 heavy (non-hydrogen) atoms. The molecule has 2 heterocycles. The molecule has 0 saturated heterocycles. The van der Waals surface area contributed by atoms with Crippen LogP contribution in [-0.2, 0) is 0 Å². The highest BCUT2D eigenvalue weighted by Crippen LogP contribution is 2.38. The van der Waals surface area contributed by atoms with Crippen molar-refractivity contribution in [2.75, 3.05) is 0 Å². The van der Waals surface area contributed by atoms with Crippen molar-refractivity contribution in [3.05, 3.63) is 111 Å². The third-order valence-electron chi connectivity index (χ3n) is 5.39. The van der Waals surface area contributed by atoms with Gasteiger partial charge in [-0.05, 0) is 54.1 Å². The number of benzene rings is 3. The standard InChI is InChI=1S/C24H17BrFN5O/c25-18-10-6-16(7-11-18)22-14-23(31(27-22)29-32)21-15-30(20-4-2-1-3-5-20)28-24(21)17-8-12-19(26)13-9-17/h1-13,15,23H,14H2. The lowest BCUT2D eigenvalue weighted by Crippen LogP contribution is -2.13. The summed E-state index contributed by atoms with van der Waals surface area (Å²) < 4.78 is 16.3. The van der Waals surface area contributed by atoms with Gasteiger partial charge in [0.2, 0.25) is 0 Å². The molecule has 0 radical (unpaired) electrons. The number of hydrazone groups is 1. The smallest absolute Gasteiger partial charge is 0.123 e. The zero-order chi connectivity index (χ0) is 22.1. The minimum Gasteiger partial charge on any atom is -0.240 e. The Morgan fingerprint density at radius 1 is 0.938 bits per heavy atom. The molecule has 1 aliphatic heterocycles. The maximum absolute atomic E-state index is 13.5. The number of nitroso groups, excluding NO2 is 1. The van der Waals surface area contributed by atoms with Gasteiger partial charge in [0.25, 0.3) is 0 Å². The molecule has 1 aromatic heterocycles. The molecule has 0 N–H and O–H groups in total. The summed E-state index contributed by atoms with van der Waals surface area (Å²) in [6, 6.07) is 23.2. The van der Waals surface area contributed by atoms with Crippen molar-refractivity contribution < 1.29 is 4.39 Å². The number of hydrogen-bond donors (Lipinski definition) is 0. The molecule has 8 heteroatoms. The van der Waals surface area contributed by atoms with Crippen LogP contribution < -0.4 is 0 Å². The third kappa shape index (κ3) is 3.85. The van der Waals surface area contributed by atoms with E-state index in [2.05, 4.69) is 26.3 Å². The van der Waals surface area contributed by atoms with Crippen LogP contribution in [0.3, 0.4) is 0 Å². The van der Waals surface area contributed by atoms with E-state index in [-0.39, 0.29) is 5.82 Å². The fraction of sp³-hybridized carbons (Fsp3) is 0.0833. The lowest BCUT2D eigenvalue weighted by molar-refractivity contribution is 0.242. The molecule has 0 spiro atoms. The Morgan fingerprint density at radius 2 is 1.62 bits per heavy atom. The Morgan fingerprint density at radius 3 is 2.31 bits per heavy atom. The van der Waals surface area contributed by atoms with E-state index in [9.17, 15) is 9.30 Å². The first-order valence-corrected chi connectivity index (χ1v) is 10.8. The molecule has 6 nitrogen and oxygen atoms in total. The zero-order valence-electron chi connectivity index (χ0n) is 16.8. The first kappa shape index (κ1) is 20.3. The molecule has 4 aromatic rings. The summed E-state index contributed by atoms with van der Waals surface area (Å²) in [4.78, 5) is 11.7. The Bertz CT molecular complexity index is 1290. The van der Waals surface area contributed by atoms with Crippen LogP contribution in [0.5, 0.6) is 0 Å². The molecule has 0 bridgehead atoms. The summed E-state index contributed by atoms with van der Waals surface area (Å²) in [5.41, 5.74) is 4.75. The molecule has 1 unspecified atom stereocenters. The fourth-order valence-electron chi connectivity index (χ4n) is 3.80. The number of para-hydroxylation sites is 1. The summed E-state index contributed by atoms with van der Waals surface area (Å²) >= 11 is 3.44. The lowest BCUT2D eigenvalue weighted by Gasteiger charge is -2.15. The Balaban J connectivity index is 1.58. The van der Waals surface area contributed by atoms with Gasteiger partial charge in [-0.25, -0.2) is 9.07 Å². The van der Waals surface area contributed by atoms with Gasteiger partial charge in [0.15, 0.2) is 0 Å². The summed E-state index contributed by atoms with van der Waals surface area (Å²) in [6.07, 6.45) is 2.37. The average molecular weight is 490 g/mol. The van der Waals surface area contributed by atoms with Crippen LogP contribution in [-0.4, -0.2) is 20.6 Å². The van der Waals surface area contributed by atoms with Crippen LogP contribution in [0.25, 0.3) is 16.9 Å². The van der Waals surface area contributed by atoms with Crippen molar-refractivity contribution in [3.63, 3.8) is 0 Å². The number of halogens is 2. The molecule has 0 amide bonds. The van der Waals surface area contributed by atoms with Crippen molar-refractivity contribution in [3.8, 4) is 16.9 Å². The van der Waals surface area contributed by atoms with E-state index in [1.807, 2.05) is 60.8 Å². The normalized spacial score (nSPS) is 15.6. The number of aromatic nitrogens is 2. The van der Waals surface area contributed by atoms with Crippen LogP contribution in [0.15, 0.2) is 99.9 Å². The predicted molar refractivity (Wildman–Crippen MR) is 125 cm³/mol. The molecule has 0 saturated carbocycles. The second kappa shape index (κ2) is 8.47. The second-order valence-corrected chi connectivity index (χ2v) is 8.31. The first-order valence-electron chi connectivity index (χ1n) is 9.99. The van der Waals surface area contributed by atoms with E-state index in [1.54, 1.807) is 16.8 Å². The Kier molecular flexibility index (Phi) is 5.36. The molecule has 0 aliphatic carbocycles. The van der Waals surface area contributed by atoms with Gasteiger partial charge in [0.1, 0.15) is 11.9 Å². The van der Waals surface area contributed by atoms with E-state index in [4.69, 9.17) is 5.10 Å². The van der Waals surface area contributed by atoms with Crippen molar-refractivity contribution >= 4 is 21.6 Å². The quantitative estimate of drug-likeness (QED) is 0.310.